The normalized spacial score (nSPS) is 15.5. The summed E-state index contributed by atoms with van der Waals surface area (Å²) in [6.07, 6.45) is 0. The molecule has 0 aliphatic carbocycles. The molecular formula is C29H25Cl2N3O3. The van der Waals surface area contributed by atoms with Crippen molar-refractivity contribution in [3.05, 3.63) is 86.7 Å². The Hall–Kier alpha value is -3.32. The maximum atomic E-state index is 14.1. The van der Waals surface area contributed by atoms with Gasteiger partial charge in [-0.25, -0.2) is 4.98 Å². The number of fused-ring (bicyclic) bond motifs is 8. The van der Waals surface area contributed by atoms with Crippen LogP contribution in [0.25, 0.3) is 22.5 Å². The molecule has 0 unspecified atom stereocenters. The second kappa shape index (κ2) is 8.62. The van der Waals surface area contributed by atoms with Gasteiger partial charge in [0.15, 0.2) is 5.69 Å². The minimum Gasteiger partial charge on any atom is -0.496 e. The lowest BCUT2D eigenvalue weighted by molar-refractivity contribution is 0.0989. The van der Waals surface area contributed by atoms with Crippen LogP contribution >= 0.6 is 23.2 Å². The lowest BCUT2D eigenvalue weighted by Gasteiger charge is -2.37. The summed E-state index contributed by atoms with van der Waals surface area (Å²) >= 11 is 13.2. The molecule has 6 rings (SSSR count). The number of methoxy groups -OCH3 is 1. The summed E-state index contributed by atoms with van der Waals surface area (Å²) in [5.74, 6) is 1.07. The first-order valence-electron chi connectivity index (χ1n) is 12.1. The van der Waals surface area contributed by atoms with Gasteiger partial charge in [-0.05, 0) is 73.4 Å². The standard InChI is InChI=1S/C29H25Cl2N3O3/c1-14(2)33-27-24(32-28(33)20-11-16(13-35)6-10-22(20)37-4)29(36)34-25-15(3)5-9-21(31)23(25)19-12-17(30)7-8-18(19)26(27)34/h5-12,14,26,35H,13H2,1-4H3/t26-/m0/s1. The lowest BCUT2D eigenvalue weighted by Crippen LogP contribution is -2.34. The van der Waals surface area contributed by atoms with Gasteiger partial charge in [0.1, 0.15) is 17.6 Å². The monoisotopic (exact) mass is 533 g/mol. The zero-order valence-corrected chi connectivity index (χ0v) is 22.4. The number of carbonyl (C=O) groups excluding carboxylic acids is 1. The number of carbonyl (C=O) groups is 1. The van der Waals surface area contributed by atoms with Crippen LogP contribution in [0.2, 0.25) is 10.0 Å². The molecule has 0 saturated heterocycles. The van der Waals surface area contributed by atoms with Crippen LogP contribution in [0.4, 0.5) is 5.69 Å². The largest absolute Gasteiger partial charge is 0.496 e. The molecule has 1 aromatic heterocycles. The van der Waals surface area contributed by atoms with Gasteiger partial charge >= 0.3 is 0 Å². The summed E-state index contributed by atoms with van der Waals surface area (Å²) < 4.78 is 7.76. The minimum atomic E-state index is -0.393. The Bertz CT molecular complexity index is 1610. The quantitative estimate of drug-likeness (QED) is 0.307. The molecule has 3 aromatic carbocycles. The highest BCUT2D eigenvalue weighted by molar-refractivity contribution is 6.35. The number of aliphatic hydroxyl groups excluding tert-OH is 1. The van der Waals surface area contributed by atoms with Gasteiger partial charge in [-0.3, -0.25) is 9.69 Å². The Morgan fingerprint density at radius 2 is 1.86 bits per heavy atom. The summed E-state index contributed by atoms with van der Waals surface area (Å²) in [6.45, 7) is 6.02. The van der Waals surface area contributed by atoms with Crippen LogP contribution in [0.5, 0.6) is 5.75 Å². The molecule has 3 heterocycles. The van der Waals surface area contributed by atoms with Crippen LogP contribution in [-0.2, 0) is 6.61 Å². The van der Waals surface area contributed by atoms with E-state index in [1.807, 2.05) is 60.4 Å². The molecule has 0 bridgehead atoms. The van der Waals surface area contributed by atoms with E-state index < -0.39 is 6.04 Å². The number of aliphatic hydroxyl groups is 1. The van der Waals surface area contributed by atoms with Crippen LogP contribution in [-0.4, -0.2) is 27.7 Å². The number of nitrogens with zero attached hydrogens (tertiary/aromatic N) is 3. The molecule has 2 aliphatic heterocycles. The van der Waals surface area contributed by atoms with Crippen molar-refractivity contribution in [3.8, 4) is 28.3 Å². The van der Waals surface area contributed by atoms with Gasteiger partial charge in [-0.2, -0.15) is 0 Å². The predicted molar refractivity (Wildman–Crippen MR) is 146 cm³/mol. The van der Waals surface area contributed by atoms with Crippen LogP contribution in [0.3, 0.4) is 0 Å². The molecule has 0 radical (unpaired) electrons. The van der Waals surface area contributed by atoms with E-state index in [1.54, 1.807) is 7.11 Å². The highest BCUT2D eigenvalue weighted by atomic mass is 35.5. The van der Waals surface area contributed by atoms with Gasteiger partial charge in [0.2, 0.25) is 0 Å². The predicted octanol–water partition coefficient (Wildman–Crippen LogP) is 6.98. The van der Waals surface area contributed by atoms with Crippen LogP contribution < -0.4 is 9.64 Å². The third kappa shape index (κ3) is 3.36. The Morgan fingerprint density at radius 1 is 1.08 bits per heavy atom. The second-order valence-corrected chi connectivity index (χ2v) is 10.6. The van der Waals surface area contributed by atoms with Crippen LogP contribution in [0.15, 0.2) is 48.5 Å². The fourth-order valence-corrected chi connectivity index (χ4v) is 6.12. The van der Waals surface area contributed by atoms with Gasteiger partial charge in [0.25, 0.3) is 5.91 Å². The molecule has 4 aromatic rings. The molecule has 188 valence electrons. The molecule has 1 amide bonds. The van der Waals surface area contributed by atoms with E-state index >= 15 is 0 Å². The van der Waals surface area contributed by atoms with E-state index in [0.29, 0.717) is 27.3 Å². The van der Waals surface area contributed by atoms with Crippen molar-refractivity contribution < 1.29 is 14.6 Å². The number of benzene rings is 3. The second-order valence-electron chi connectivity index (χ2n) is 9.72. The molecule has 0 spiro atoms. The molecule has 6 nitrogen and oxygen atoms in total. The number of halogens is 2. The SMILES string of the molecule is COc1ccc(CO)cc1-c1nc2c(n1C(C)C)[C@@H]1c3ccc(Cl)cc3-c3c(Cl)ccc(C)c3N1C2=O. The van der Waals surface area contributed by atoms with Crippen molar-refractivity contribution in [1.82, 2.24) is 9.55 Å². The zero-order chi connectivity index (χ0) is 26.2. The fourth-order valence-electron chi connectivity index (χ4n) is 5.70. The molecule has 1 atom stereocenters. The molecular weight excluding hydrogens is 509 g/mol. The number of aryl methyl sites for hydroxylation is 1. The zero-order valence-electron chi connectivity index (χ0n) is 20.8. The Kier molecular flexibility index (Phi) is 5.60. The van der Waals surface area contributed by atoms with Crippen molar-refractivity contribution in [3.63, 3.8) is 0 Å². The Balaban J connectivity index is 1.68. The number of aromatic nitrogens is 2. The van der Waals surface area contributed by atoms with E-state index in [1.165, 1.54) is 0 Å². The van der Waals surface area contributed by atoms with Crippen LogP contribution in [0, 0.1) is 6.92 Å². The molecule has 8 heteroatoms. The number of rotatable bonds is 4. The van der Waals surface area contributed by atoms with E-state index in [4.69, 9.17) is 32.9 Å². The molecule has 2 aliphatic rings. The molecule has 0 fully saturated rings. The van der Waals surface area contributed by atoms with E-state index in [9.17, 15) is 9.90 Å². The molecule has 1 N–H and O–H groups in total. The van der Waals surface area contributed by atoms with Crippen molar-refractivity contribution in [2.45, 2.75) is 39.5 Å². The maximum absolute atomic E-state index is 14.1. The summed E-state index contributed by atoms with van der Waals surface area (Å²) in [7, 11) is 1.60. The van der Waals surface area contributed by atoms with E-state index in [0.717, 1.165) is 44.8 Å². The Morgan fingerprint density at radius 3 is 2.57 bits per heavy atom. The number of ether oxygens (including phenoxy) is 1. The summed E-state index contributed by atoms with van der Waals surface area (Å²) in [5.41, 5.74) is 7.08. The number of imidazole rings is 1. The highest BCUT2D eigenvalue weighted by Crippen LogP contribution is 2.56. The van der Waals surface area contributed by atoms with Crippen molar-refractivity contribution in [2.75, 3.05) is 12.0 Å². The van der Waals surface area contributed by atoms with Crippen molar-refractivity contribution >= 4 is 34.8 Å². The molecule has 37 heavy (non-hydrogen) atoms. The van der Waals surface area contributed by atoms with Crippen molar-refractivity contribution in [2.24, 2.45) is 0 Å². The van der Waals surface area contributed by atoms with Gasteiger partial charge in [-0.15, -0.1) is 0 Å². The first-order chi connectivity index (χ1) is 17.8. The van der Waals surface area contributed by atoms with Gasteiger partial charge in [-0.1, -0.05) is 41.4 Å². The highest BCUT2D eigenvalue weighted by Gasteiger charge is 2.49. The lowest BCUT2D eigenvalue weighted by atomic mass is 9.86. The average molecular weight is 534 g/mol. The van der Waals surface area contributed by atoms with E-state index in [-0.39, 0.29) is 18.6 Å². The van der Waals surface area contributed by atoms with E-state index in [2.05, 4.69) is 18.4 Å². The summed E-state index contributed by atoms with van der Waals surface area (Å²) in [6, 6.07) is 14.6. The average Bonchev–Trinajstić information content (AvgIpc) is 3.41. The summed E-state index contributed by atoms with van der Waals surface area (Å²) in [4.78, 5) is 20.9. The van der Waals surface area contributed by atoms with Gasteiger partial charge in [0, 0.05) is 16.6 Å². The Labute approximate surface area is 225 Å². The first-order valence-corrected chi connectivity index (χ1v) is 12.8. The van der Waals surface area contributed by atoms with Crippen LogP contribution in [0.1, 0.15) is 58.8 Å². The molecule has 0 saturated carbocycles. The first kappa shape index (κ1) is 24.0. The van der Waals surface area contributed by atoms with Crippen molar-refractivity contribution in [1.29, 1.82) is 0 Å². The van der Waals surface area contributed by atoms with Gasteiger partial charge in [0.05, 0.1) is 35.7 Å². The summed E-state index contributed by atoms with van der Waals surface area (Å²) in [5, 5.41) is 11.0. The third-order valence-corrected chi connectivity index (χ3v) is 7.79. The number of amides is 1. The van der Waals surface area contributed by atoms with Gasteiger partial charge < -0.3 is 14.4 Å². The third-order valence-electron chi connectivity index (χ3n) is 7.24. The minimum absolute atomic E-state index is 0.0147. The number of hydrogen-bond donors (Lipinski definition) is 1. The number of hydrogen-bond acceptors (Lipinski definition) is 4. The smallest absolute Gasteiger partial charge is 0.279 e. The number of anilines is 1. The topological polar surface area (TPSA) is 67.6 Å². The fraction of sp³-hybridized carbons (Fsp3) is 0.241. The maximum Gasteiger partial charge on any atom is 0.279 e.